The molecular weight excluding hydrogens is 149 g/mol. The largest absolute Gasteiger partial charge is 0.314 e. The minimum absolute atomic E-state index is 0. The maximum Gasteiger partial charge on any atom is 0.0209 e. The molecular formula is C4H13Cl2NO. The maximum atomic E-state index is 8.50. The van der Waals surface area contributed by atoms with Gasteiger partial charge in [0, 0.05) is 13.1 Å². The van der Waals surface area contributed by atoms with Crippen molar-refractivity contribution >= 4 is 24.8 Å². The molecule has 0 fully saturated rings. The molecule has 0 aromatic rings. The van der Waals surface area contributed by atoms with Crippen LogP contribution in [0.3, 0.4) is 0 Å². The van der Waals surface area contributed by atoms with Gasteiger partial charge in [-0.2, -0.15) is 5.06 Å². The van der Waals surface area contributed by atoms with Crippen LogP contribution in [0.2, 0.25) is 0 Å². The third kappa shape index (κ3) is 9.71. The minimum atomic E-state index is 0. The third-order valence-electron chi connectivity index (χ3n) is 0.730. The van der Waals surface area contributed by atoms with E-state index in [1.165, 1.54) is 5.06 Å². The van der Waals surface area contributed by atoms with Crippen LogP contribution >= 0.6 is 24.8 Å². The van der Waals surface area contributed by atoms with E-state index < -0.39 is 0 Å². The van der Waals surface area contributed by atoms with Gasteiger partial charge in [-0.15, -0.1) is 24.8 Å². The van der Waals surface area contributed by atoms with Gasteiger partial charge in [0.1, 0.15) is 0 Å². The lowest BCUT2D eigenvalue weighted by Crippen LogP contribution is -2.16. The van der Waals surface area contributed by atoms with Crippen molar-refractivity contribution in [3.8, 4) is 0 Å². The average Bonchev–Trinajstić information content (AvgIpc) is 1.65. The Bertz CT molecular complexity index is 33.2. The molecule has 0 rings (SSSR count). The smallest absolute Gasteiger partial charge is 0.0209 e. The first-order valence-electron chi connectivity index (χ1n) is 2.25. The summed E-state index contributed by atoms with van der Waals surface area (Å²) < 4.78 is 0. The fourth-order valence-electron chi connectivity index (χ4n) is 0.224. The highest BCUT2D eigenvalue weighted by Crippen LogP contribution is 1.73. The van der Waals surface area contributed by atoms with Crippen LogP contribution in [0.25, 0.3) is 0 Å². The fourth-order valence-corrected chi connectivity index (χ4v) is 0.224. The lowest BCUT2D eigenvalue weighted by molar-refractivity contribution is -0.0813. The molecule has 2 nitrogen and oxygen atoms in total. The molecule has 4 heteroatoms. The molecule has 0 aromatic heterocycles. The Morgan fingerprint density at radius 2 is 1.38 bits per heavy atom. The van der Waals surface area contributed by atoms with E-state index in [0.717, 1.165) is 13.1 Å². The van der Waals surface area contributed by atoms with Crippen molar-refractivity contribution in [3.63, 3.8) is 0 Å². The van der Waals surface area contributed by atoms with E-state index in [4.69, 9.17) is 5.21 Å². The van der Waals surface area contributed by atoms with Gasteiger partial charge in [0.2, 0.25) is 0 Å². The molecule has 0 saturated heterocycles. The highest BCUT2D eigenvalue weighted by molar-refractivity contribution is 5.85. The summed E-state index contributed by atoms with van der Waals surface area (Å²) in [7, 11) is 0. The highest BCUT2D eigenvalue weighted by Gasteiger charge is 1.84. The number of hydroxylamine groups is 2. The summed E-state index contributed by atoms with van der Waals surface area (Å²) in [4.78, 5) is 0. The van der Waals surface area contributed by atoms with Crippen molar-refractivity contribution in [2.75, 3.05) is 13.1 Å². The summed E-state index contributed by atoms with van der Waals surface area (Å²) in [5, 5.41) is 9.75. The zero-order valence-corrected chi connectivity index (χ0v) is 6.76. The standard InChI is InChI=1S/C4H11NO.2ClH/c1-3-5(6)4-2;;/h6H,3-4H2,1-2H3;2*1H. The first kappa shape index (κ1) is 15.8. The van der Waals surface area contributed by atoms with Crippen molar-refractivity contribution in [2.45, 2.75) is 13.8 Å². The molecule has 0 aromatic carbocycles. The predicted octanol–water partition coefficient (Wildman–Crippen LogP) is 1.56. The van der Waals surface area contributed by atoms with Gasteiger partial charge < -0.3 is 5.21 Å². The second kappa shape index (κ2) is 10.5. The second-order valence-electron chi connectivity index (χ2n) is 1.14. The molecule has 0 spiro atoms. The molecule has 0 radical (unpaired) electrons. The van der Waals surface area contributed by atoms with Gasteiger partial charge >= 0.3 is 0 Å². The Morgan fingerprint density at radius 3 is 1.38 bits per heavy atom. The first-order chi connectivity index (χ1) is 2.81. The normalized spacial score (nSPS) is 7.50. The average molecular weight is 162 g/mol. The van der Waals surface area contributed by atoms with Gasteiger partial charge in [0.15, 0.2) is 0 Å². The Morgan fingerprint density at radius 1 is 1.12 bits per heavy atom. The molecule has 1 N–H and O–H groups in total. The molecule has 0 aliphatic carbocycles. The van der Waals surface area contributed by atoms with Crippen molar-refractivity contribution in [1.29, 1.82) is 0 Å². The molecule has 0 atom stereocenters. The van der Waals surface area contributed by atoms with Gasteiger partial charge in [-0.1, -0.05) is 13.8 Å². The summed E-state index contributed by atoms with van der Waals surface area (Å²) in [5.41, 5.74) is 0. The van der Waals surface area contributed by atoms with Crippen LogP contribution in [0.5, 0.6) is 0 Å². The summed E-state index contributed by atoms with van der Waals surface area (Å²) in [6.45, 7) is 5.25. The van der Waals surface area contributed by atoms with Gasteiger partial charge in [0.05, 0.1) is 0 Å². The second-order valence-corrected chi connectivity index (χ2v) is 1.14. The monoisotopic (exact) mass is 161 g/mol. The number of rotatable bonds is 2. The first-order valence-corrected chi connectivity index (χ1v) is 2.25. The Labute approximate surface area is 62.6 Å². The van der Waals surface area contributed by atoms with Gasteiger partial charge in [-0.05, 0) is 0 Å². The molecule has 8 heavy (non-hydrogen) atoms. The van der Waals surface area contributed by atoms with Gasteiger partial charge in [-0.25, -0.2) is 0 Å². The molecule has 0 aliphatic rings. The van der Waals surface area contributed by atoms with Crippen LogP contribution in [0.4, 0.5) is 0 Å². The predicted molar refractivity (Wildman–Crippen MR) is 39.2 cm³/mol. The quantitative estimate of drug-likeness (QED) is 0.623. The van der Waals surface area contributed by atoms with E-state index in [1.807, 2.05) is 13.8 Å². The van der Waals surface area contributed by atoms with E-state index in [-0.39, 0.29) is 24.8 Å². The lowest BCUT2D eigenvalue weighted by Gasteiger charge is -2.05. The van der Waals surface area contributed by atoms with E-state index in [0.29, 0.717) is 0 Å². The summed E-state index contributed by atoms with van der Waals surface area (Å²) in [5.74, 6) is 0. The SMILES string of the molecule is CCN(O)CC.Cl.Cl. The summed E-state index contributed by atoms with van der Waals surface area (Å²) in [6.07, 6.45) is 0. The lowest BCUT2D eigenvalue weighted by atomic mass is 10.6. The highest BCUT2D eigenvalue weighted by atomic mass is 35.5. The molecule has 0 aliphatic heterocycles. The van der Waals surface area contributed by atoms with Crippen LogP contribution in [0.15, 0.2) is 0 Å². The Hall–Kier alpha value is 0.500. The Balaban J connectivity index is -0.000000125. The zero-order valence-electron chi connectivity index (χ0n) is 5.13. The minimum Gasteiger partial charge on any atom is -0.314 e. The van der Waals surface area contributed by atoms with E-state index in [1.54, 1.807) is 0 Å². The topological polar surface area (TPSA) is 23.5 Å². The third-order valence-corrected chi connectivity index (χ3v) is 0.730. The summed E-state index contributed by atoms with van der Waals surface area (Å²) >= 11 is 0. The Kier molecular flexibility index (Phi) is 20.7. The van der Waals surface area contributed by atoms with Crippen molar-refractivity contribution < 1.29 is 5.21 Å². The number of nitrogens with zero attached hydrogens (tertiary/aromatic N) is 1. The molecule has 0 heterocycles. The van der Waals surface area contributed by atoms with Crippen LogP contribution < -0.4 is 0 Å². The zero-order chi connectivity index (χ0) is 4.99. The van der Waals surface area contributed by atoms with Gasteiger partial charge in [-0.3, -0.25) is 0 Å². The number of hydrogen-bond acceptors (Lipinski definition) is 2. The van der Waals surface area contributed by atoms with Crippen molar-refractivity contribution in [1.82, 2.24) is 5.06 Å². The number of hydrogen-bond donors (Lipinski definition) is 1. The number of halogens is 2. The summed E-state index contributed by atoms with van der Waals surface area (Å²) in [6, 6.07) is 0. The van der Waals surface area contributed by atoms with Crippen LogP contribution in [0, 0.1) is 0 Å². The molecule has 54 valence electrons. The fraction of sp³-hybridized carbons (Fsp3) is 1.00. The van der Waals surface area contributed by atoms with E-state index in [9.17, 15) is 0 Å². The van der Waals surface area contributed by atoms with Crippen LogP contribution in [0.1, 0.15) is 13.8 Å². The molecule has 0 unspecified atom stereocenters. The van der Waals surface area contributed by atoms with Crippen molar-refractivity contribution in [3.05, 3.63) is 0 Å². The van der Waals surface area contributed by atoms with E-state index in [2.05, 4.69) is 0 Å². The molecule has 0 saturated carbocycles. The van der Waals surface area contributed by atoms with Gasteiger partial charge in [0.25, 0.3) is 0 Å². The molecule has 0 bridgehead atoms. The van der Waals surface area contributed by atoms with Crippen LogP contribution in [-0.4, -0.2) is 23.4 Å². The molecule has 0 amide bonds. The van der Waals surface area contributed by atoms with Crippen molar-refractivity contribution in [2.24, 2.45) is 0 Å². The maximum absolute atomic E-state index is 8.50. The van der Waals surface area contributed by atoms with Crippen LogP contribution in [-0.2, 0) is 0 Å². The van der Waals surface area contributed by atoms with E-state index >= 15 is 0 Å².